The summed E-state index contributed by atoms with van der Waals surface area (Å²) in [6, 6.07) is 10.8. The molecule has 2 rings (SSSR count). The lowest BCUT2D eigenvalue weighted by atomic mass is 10.1. The third-order valence-electron chi connectivity index (χ3n) is 3.46. The van der Waals surface area contributed by atoms with Gasteiger partial charge in [0, 0.05) is 23.5 Å². The van der Waals surface area contributed by atoms with Gasteiger partial charge in [-0.2, -0.15) is 10.5 Å². The van der Waals surface area contributed by atoms with E-state index in [9.17, 15) is 4.79 Å². The molecular formula is C16H16N4O. The molecule has 0 aromatic heterocycles. The summed E-state index contributed by atoms with van der Waals surface area (Å²) in [6.07, 6.45) is 5.82. The minimum Gasteiger partial charge on any atom is -0.360 e. The van der Waals surface area contributed by atoms with E-state index in [0.717, 1.165) is 18.5 Å². The van der Waals surface area contributed by atoms with Crippen LogP contribution in [-0.4, -0.2) is 11.9 Å². The first-order valence-electron chi connectivity index (χ1n) is 6.91. The Morgan fingerprint density at radius 1 is 1.14 bits per heavy atom. The van der Waals surface area contributed by atoms with Gasteiger partial charge >= 0.3 is 0 Å². The molecule has 106 valence electrons. The van der Waals surface area contributed by atoms with Crippen molar-refractivity contribution in [3.8, 4) is 12.1 Å². The summed E-state index contributed by atoms with van der Waals surface area (Å²) >= 11 is 0. The van der Waals surface area contributed by atoms with Gasteiger partial charge in [0.05, 0.1) is 0 Å². The van der Waals surface area contributed by atoms with E-state index in [-0.39, 0.29) is 11.5 Å². The predicted molar refractivity (Wildman–Crippen MR) is 79.1 cm³/mol. The Kier molecular flexibility index (Phi) is 4.95. The highest BCUT2D eigenvalue weighted by molar-refractivity contribution is 5.94. The van der Waals surface area contributed by atoms with Crippen molar-refractivity contribution in [1.82, 2.24) is 5.32 Å². The maximum absolute atomic E-state index is 12.0. The predicted octanol–water partition coefficient (Wildman–Crippen LogP) is 2.70. The quantitative estimate of drug-likeness (QED) is 0.830. The average Bonchev–Trinajstić information content (AvgIpc) is 3.02. The molecule has 5 heteroatoms. The summed E-state index contributed by atoms with van der Waals surface area (Å²) in [5.41, 5.74) is 1.32. The highest BCUT2D eigenvalue weighted by Gasteiger charge is 2.17. The summed E-state index contributed by atoms with van der Waals surface area (Å²) in [4.78, 5) is 12.0. The van der Waals surface area contributed by atoms with Gasteiger partial charge in [-0.25, -0.2) is 0 Å². The SMILES string of the molecule is N#CC(C#N)=CNc1ccc(C(=O)NC2CCCC2)cc1. The molecule has 1 aromatic carbocycles. The van der Waals surface area contributed by atoms with Gasteiger partial charge in [0.15, 0.2) is 0 Å². The van der Waals surface area contributed by atoms with Gasteiger partial charge in [0.1, 0.15) is 17.7 Å². The highest BCUT2D eigenvalue weighted by atomic mass is 16.1. The molecule has 1 saturated carbocycles. The molecule has 0 spiro atoms. The molecule has 5 nitrogen and oxygen atoms in total. The van der Waals surface area contributed by atoms with E-state index in [4.69, 9.17) is 10.5 Å². The van der Waals surface area contributed by atoms with Crippen molar-refractivity contribution < 1.29 is 4.79 Å². The van der Waals surface area contributed by atoms with Crippen LogP contribution in [-0.2, 0) is 0 Å². The summed E-state index contributed by atoms with van der Waals surface area (Å²) in [7, 11) is 0. The number of carbonyl (C=O) groups excluding carboxylic acids is 1. The van der Waals surface area contributed by atoms with Gasteiger partial charge in [-0.1, -0.05) is 12.8 Å². The minimum atomic E-state index is -0.0567. The second-order valence-corrected chi connectivity index (χ2v) is 4.96. The fraction of sp³-hybridized carbons (Fsp3) is 0.312. The van der Waals surface area contributed by atoms with E-state index >= 15 is 0 Å². The number of hydrogen-bond donors (Lipinski definition) is 2. The molecule has 0 aliphatic heterocycles. The Balaban J connectivity index is 1.95. The van der Waals surface area contributed by atoms with Crippen molar-refractivity contribution in [2.75, 3.05) is 5.32 Å². The summed E-state index contributed by atoms with van der Waals surface area (Å²) < 4.78 is 0. The van der Waals surface area contributed by atoms with Crippen molar-refractivity contribution in [3.63, 3.8) is 0 Å². The van der Waals surface area contributed by atoms with Gasteiger partial charge in [-0.05, 0) is 37.1 Å². The number of allylic oxidation sites excluding steroid dienone is 1. The maximum Gasteiger partial charge on any atom is 0.251 e. The van der Waals surface area contributed by atoms with E-state index in [0.29, 0.717) is 11.6 Å². The molecule has 1 aliphatic rings. The molecule has 2 N–H and O–H groups in total. The smallest absolute Gasteiger partial charge is 0.251 e. The van der Waals surface area contributed by atoms with Gasteiger partial charge in [0.2, 0.25) is 0 Å². The number of amides is 1. The Hall–Kier alpha value is -2.79. The normalized spacial score (nSPS) is 13.8. The van der Waals surface area contributed by atoms with Crippen molar-refractivity contribution in [3.05, 3.63) is 41.6 Å². The minimum absolute atomic E-state index is 0.00180. The molecule has 1 fully saturated rings. The van der Waals surface area contributed by atoms with Crippen molar-refractivity contribution >= 4 is 11.6 Å². The fourth-order valence-corrected chi connectivity index (χ4v) is 2.30. The molecule has 1 amide bonds. The van der Waals surface area contributed by atoms with Crippen LogP contribution in [0.15, 0.2) is 36.0 Å². The van der Waals surface area contributed by atoms with Crippen molar-refractivity contribution in [1.29, 1.82) is 10.5 Å². The van der Waals surface area contributed by atoms with Crippen molar-refractivity contribution in [2.45, 2.75) is 31.7 Å². The molecule has 1 aromatic rings. The molecule has 0 bridgehead atoms. The Morgan fingerprint density at radius 3 is 2.33 bits per heavy atom. The average molecular weight is 280 g/mol. The molecule has 21 heavy (non-hydrogen) atoms. The molecule has 0 unspecified atom stereocenters. The monoisotopic (exact) mass is 280 g/mol. The number of benzene rings is 1. The third kappa shape index (κ3) is 4.09. The Morgan fingerprint density at radius 2 is 1.76 bits per heavy atom. The van der Waals surface area contributed by atoms with E-state index in [1.165, 1.54) is 19.0 Å². The summed E-state index contributed by atoms with van der Waals surface area (Å²) in [5, 5.41) is 23.1. The zero-order valence-electron chi connectivity index (χ0n) is 11.6. The number of hydrogen-bond acceptors (Lipinski definition) is 4. The summed E-state index contributed by atoms with van der Waals surface area (Å²) in [5.74, 6) is -0.0567. The standard InChI is InChI=1S/C16H16N4O/c17-9-12(10-18)11-19-14-7-5-13(6-8-14)16(21)20-15-3-1-2-4-15/h5-8,11,15,19H,1-4H2,(H,20,21). The molecular weight excluding hydrogens is 264 g/mol. The van der Waals surface area contributed by atoms with E-state index in [1.54, 1.807) is 36.4 Å². The van der Waals surface area contributed by atoms with Crippen LogP contribution in [0, 0.1) is 22.7 Å². The zero-order chi connectivity index (χ0) is 15.1. The van der Waals surface area contributed by atoms with Crippen LogP contribution in [0.5, 0.6) is 0 Å². The summed E-state index contributed by atoms with van der Waals surface area (Å²) in [6.45, 7) is 0. The number of nitrogens with zero attached hydrogens (tertiary/aromatic N) is 2. The number of nitrogens with one attached hydrogen (secondary N) is 2. The third-order valence-corrected chi connectivity index (χ3v) is 3.46. The first-order valence-corrected chi connectivity index (χ1v) is 6.91. The first kappa shape index (κ1) is 14.6. The molecule has 0 heterocycles. The lowest BCUT2D eigenvalue weighted by Crippen LogP contribution is -2.32. The molecule has 0 atom stereocenters. The lowest BCUT2D eigenvalue weighted by Gasteiger charge is -2.12. The van der Waals surface area contributed by atoms with Crippen LogP contribution < -0.4 is 10.6 Å². The van der Waals surface area contributed by atoms with E-state index in [2.05, 4.69) is 10.6 Å². The number of nitriles is 2. The van der Waals surface area contributed by atoms with Crippen molar-refractivity contribution in [2.24, 2.45) is 0 Å². The van der Waals surface area contributed by atoms with Gasteiger partial charge < -0.3 is 10.6 Å². The van der Waals surface area contributed by atoms with Crippen LogP contribution >= 0.6 is 0 Å². The Bertz CT molecular complexity index is 597. The fourth-order valence-electron chi connectivity index (χ4n) is 2.30. The van der Waals surface area contributed by atoms with Gasteiger partial charge in [-0.3, -0.25) is 4.79 Å². The second kappa shape index (κ2) is 7.12. The first-order chi connectivity index (χ1) is 10.2. The van der Waals surface area contributed by atoms with E-state index in [1.807, 2.05) is 0 Å². The second-order valence-electron chi connectivity index (χ2n) is 4.96. The number of anilines is 1. The molecule has 0 radical (unpaired) electrons. The topological polar surface area (TPSA) is 88.7 Å². The number of rotatable bonds is 4. The van der Waals surface area contributed by atoms with Crippen LogP contribution in [0.4, 0.5) is 5.69 Å². The molecule has 1 aliphatic carbocycles. The van der Waals surface area contributed by atoms with Gasteiger partial charge in [0.25, 0.3) is 5.91 Å². The van der Waals surface area contributed by atoms with E-state index < -0.39 is 0 Å². The highest BCUT2D eigenvalue weighted by Crippen LogP contribution is 2.18. The zero-order valence-corrected chi connectivity index (χ0v) is 11.6. The van der Waals surface area contributed by atoms with Crippen LogP contribution in [0.3, 0.4) is 0 Å². The molecule has 0 saturated heterocycles. The Labute approximate surface area is 123 Å². The van der Waals surface area contributed by atoms with Crippen LogP contribution in [0.25, 0.3) is 0 Å². The van der Waals surface area contributed by atoms with Crippen LogP contribution in [0.1, 0.15) is 36.0 Å². The van der Waals surface area contributed by atoms with Crippen LogP contribution in [0.2, 0.25) is 0 Å². The number of carbonyl (C=O) groups is 1. The lowest BCUT2D eigenvalue weighted by molar-refractivity contribution is 0.0938. The van der Waals surface area contributed by atoms with Gasteiger partial charge in [-0.15, -0.1) is 0 Å². The largest absolute Gasteiger partial charge is 0.360 e. The maximum atomic E-state index is 12.0.